The second-order valence-electron chi connectivity index (χ2n) is 5.77. The van der Waals surface area contributed by atoms with Crippen LogP contribution in [0.15, 0.2) is 70.7 Å². The van der Waals surface area contributed by atoms with Crippen molar-refractivity contribution in [1.29, 1.82) is 0 Å². The number of hydrogen-bond donors (Lipinski definition) is 0. The lowest BCUT2D eigenvalue weighted by Crippen LogP contribution is -2.25. The van der Waals surface area contributed by atoms with Crippen LogP contribution in [0.1, 0.15) is 30.4 Å². The summed E-state index contributed by atoms with van der Waals surface area (Å²) in [6.07, 6.45) is 8.33. The molecule has 0 fully saturated rings. The average molecular weight is 291 g/mol. The van der Waals surface area contributed by atoms with Gasteiger partial charge in [0.25, 0.3) is 5.91 Å². The van der Waals surface area contributed by atoms with E-state index in [-0.39, 0.29) is 5.91 Å². The normalized spacial score (nSPS) is 17.7. The second kappa shape index (κ2) is 5.34. The Morgan fingerprint density at radius 2 is 1.95 bits per heavy atom. The van der Waals surface area contributed by atoms with Crippen molar-refractivity contribution in [1.82, 2.24) is 4.90 Å². The minimum atomic E-state index is 0.0942. The minimum Gasteiger partial charge on any atom is -0.472 e. The molecule has 3 heteroatoms. The number of allylic oxidation sites excluding steroid dienone is 2. The summed E-state index contributed by atoms with van der Waals surface area (Å²) in [5.41, 5.74) is 5.74. The first kappa shape index (κ1) is 13.1. The Kier molecular flexibility index (Phi) is 3.19. The molecule has 2 heterocycles. The second-order valence-corrected chi connectivity index (χ2v) is 5.77. The van der Waals surface area contributed by atoms with Crippen LogP contribution >= 0.6 is 0 Å². The van der Waals surface area contributed by atoms with Crippen molar-refractivity contribution in [3.8, 4) is 0 Å². The van der Waals surface area contributed by atoms with Gasteiger partial charge >= 0.3 is 0 Å². The monoisotopic (exact) mass is 291 g/mol. The van der Waals surface area contributed by atoms with Crippen molar-refractivity contribution >= 4 is 11.5 Å². The molecule has 22 heavy (non-hydrogen) atoms. The molecule has 0 saturated carbocycles. The molecule has 0 atom stereocenters. The maximum Gasteiger partial charge on any atom is 0.251 e. The lowest BCUT2D eigenvalue weighted by Gasteiger charge is -2.26. The van der Waals surface area contributed by atoms with Gasteiger partial charge in [0.1, 0.15) is 0 Å². The number of nitrogens with zero attached hydrogens (tertiary/aromatic N) is 1. The first-order valence-electron chi connectivity index (χ1n) is 7.65. The Bertz CT molecular complexity index is 754. The smallest absolute Gasteiger partial charge is 0.251 e. The molecular weight excluding hydrogens is 274 g/mol. The van der Waals surface area contributed by atoms with Gasteiger partial charge in [-0.05, 0) is 42.0 Å². The average Bonchev–Trinajstić information content (AvgIpc) is 3.17. The molecule has 1 aliphatic carbocycles. The van der Waals surface area contributed by atoms with Gasteiger partial charge in [-0.15, -0.1) is 0 Å². The maximum atomic E-state index is 12.5. The van der Waals surface area contributed by atoms with E-state index in [0.29, 0.717) is 6.54 Å². The van der Waals surface area contributed by atoms with E-state index in [2.05, 4.69) is 12.1 Å². The Hall–Kier alpha value is -2.55. The van der Waals surface area contributed by atoms with Crippen molar-refractivity contribution in [2.45, 2.75) is 25.8 Å². The van der Waals surface area contributed by atoms with E-state index in [0.717, 1.165) is 36.1 Å². The summed E-state index contributed by atoms with van der Waals surface area (Å²) in [6, 6.07) is 12.1. The zero-order valence-corrected chi connectivity index (χ0v) is 12.3. The molecule has 0 N–H and O–H groups in total. The highest BCUT2D eigenvalue weighted by Crippen LogP contribution is 2.41. The van der Waals surface area contributed by atoms with Gasteiger partial charge in [-0.1, -0.05) is 30.3 Å². The van der Waals surface area contributed by atoms with Crippen LogP contribution < -0.4 is 0 Å². The predicted molar refractivity (Wildman–Crippen MR) is 84.6 cm³/mol. The third-order valence-corrected chi connectivity index (χ3v) is 4.35. The molecule has 0 radical (unpaired) electrons. The standard InChI is InChI=1S/C19H17NO2/c21-18-11-15-7-4-8-17(16-9-10-22-13-16)19(15)20(18)12-14-5-2-1-3-6-14/h1-3,5-6,9-11,13H,4,7-8,12H2. The summed E-state index contributed by atoms with van der Waals surface area (Å²) in [4.78, 5) is 14.4. The first-order chi connectivity index (χ1) is 10.8. The number of hydrogen-bond acceptors (Lipinski definition) is 2. The van der Waals surface area contributed by atoms with Gasteiger partial charge in [0.15, 0.2) is 0 Å². The number of furan rings is 1. The summed E-state index contributed by atoms with van der Waals surface area (Å²) >= 11 is 0. The Balaban J connectivity index is 1.76. The van der Waals surface area contributed by atoms with E-state index >= 15 is 0 Å². The largest absolute Gasteiger partial charge is 0.472 e. The molecule has 0 spiro atoms. The van der Waals surface area contributed by atoms with Gasteiger partial charge in [0, 0.05) is 11.6 Å². The number of fused-ring (bicyclic) bond motifs is 1. The third kappa shape index (κ3) is 2.19. The number of benzene rings is 1. The summed E-state index contributed by atoms with van der Waals surface area (Å²) in [5, 5.41) is 0. The van der Waals surface area contributed by atoms with Gasteiger partial charge < -0.3 is 9.32 Å². The molecule has 0 saturated heterocycles. The molecule has 1 aliphatic heterocycles. The van der Waals surface area contributed by atoms with Crippen molar-refractivity contribution < 1.29 is 9.21 Å². The Labute approximate surface area is 129 Å². The quantitative estimate of drug-likeness (QED) is 0.851. The molecule has 1 aromatic carbocycles. The summed E-state index contributed by atoms with van der Waals surface area (Å²) < 4.78 is 5.24. The van der Waals surface area contributed by atoms with Crippen molar-refractivity contribution in [2.75, 3.05) is 0 Å². The molecule has 2 aliphatic rings. The van der Waals surface area contributed by atoms with Gasteiger partial charge in [-0.2, -0.15) is 0 Å². The van der Waals surface area contributed by atoms with Crippen LogP contribution in [0.2, 0.25) is 0 Å². The zero-order valence-electron chi connectivity index (χ0n) is 12.3. The van der Waals surface area contributed by atoms with E-state index in [1.165, 1.54) is 11.1 Å². The molecule has 0 unspecified atom stereocenters. The lowest BCUT2D eigenvalue weighted by atomic mass is 9.89. The van der Waals surface area contributed by atoms with Gasteiger partial charge in [0.05, 0.1) is 24.8 Å². The van der Waals surface area contributed by atoms with Crippen molar-refractivity contribution in [3.63, 3.8) is 0 Å². The SMILES string of the molecule is O=C1C=C2CCCC(c3ccoc3)=C2N1Cc1ccccc1. The van der Waals surface area contributed by atoms with Gasteiger partial charge in [0.2, 0.25) is 0 Å². The van der Waals surface area contributed by atoms with E-state index in [1.54, 1.807) is 18.6 Å². The predicted octanol–water partition coefficient (Wildman–Crippen LogP) is 4.14. The minimum absolute atomic E-state index is 0.0942. The maximum absolute atomic E-state index is 12.5. The van der Waals surface area contributed by atoms with E-state index in [1.807, 2.05) is 29.2 Å². The third-order valence-electron chi connectivity index (χ3n) is 4.35. The van der Waals surface area contributed by atoms with Crippen LogP contribution in [0.4, 0.5) is 0 Å². The molecule has 1 amide bonds. The van der Waals surface area contributed by atoms with Crippen molar-refractivity contribution in [3.05, 3.63) is 77.4 Å². The number of rotatable bonds is 3. The lowest BCUT2D eigenvalue weighted by molar-refractivity contribution is -0.123. The fourth-order valence-electron chi connectivity index (χ4n) is 3.34. The molecule has 110 valence electrons. The number of carbonyl (C=O) groups excluding carboxylic acids is 1. The number of carbonyl (C=O) groups is 1. The van der Waals surface area contributed by atoms with E-state index < -0.39 is 0 Å². The summed E-state index contributed by atoms with van der Waals surface area (Å²) in [5.74, 6) is 0.0942. The zero-order chi connectivity index (χ0) is 14.9. The molecular formula is C19H17NO2. The fraction of sp³-hybridized carbons (Fsp3) is 0.211. The topological polar surface area (TPSA) is 33.5 Å². The first-order valence-corrected chi connectivity index (χ1v) is 7.65. The highest BCUT2D eigenvalue weighted by Gasteiger charge is 2.32. The van der Waals surface area contributed by atoms with Crippen LogP contribution in [0.25, 0.3) is 5.57 Å². The fourth-order valence-corrected chi connectivity index (χ4v) is 3.34. The molecule has 1 aromatic heterocycles. The molecule has 4 rings (SSSR count). The van der Waals surface area contributed by atoms with Crippen LogP contribution in [0, 0.1) is 0 Å². The number of amides is 1. The highest BCUT2D eigenvalue weighted by atomic mass is 16.3. The Morgan fingerprint density at radius 3 is 2.73 bits per heavy atom. The molecule has 0 bridgehead atoms. The van der Waals surface area contributed by atoms with Crippen LogP contribution in [0.5, 0.6) is 0 Å². The van der Waals surface area contributed by atoms with Gasteiger partial charge in [-0.25, -0.2) is 0 Å². The molecule has 2 aromatic rings. The van der Waals surface area contributed by atoms with Crippen LogP contribution in [-0.4, -0.2) is 10.8 Å². The molecule has 3 nitrogen and oxygen atoms in total. The summed E-state index contributed by atoms with van der Waals surface area (Å²) in [7, 11) is 0. The highest BCUT2D eigenvalue weighted by molar-refractivity contribution is 5.98. The van der Waals surface area contributed by atoms with Crippen LogP contribution in [-0.2, 0) is 11.3 Å². The van der Waals surface area contributed by atoms with E-state index in [9.17, 15) is 4.79 Å². The van der Waals surface area contributed by atoms with E-state index in [4.69, 9.17) is 4.42 Å². The Morgan fingerprint density at radius 1 is 1.09 bits per heavy atom. The van der Waals surface area contributed by atoms with Crippen molar-refractivity contribution in [2.24, 2.45) is 0 Å². The van der Waals surface area contributed by atoms with Gasteiger partial charge in [-0.3, -0.25) is 4.79 Å². The summed E-state index contributed by atoms with van der Waals surface area (Å²) in [6.45, 7) is 0.621. The van der Waals surface area contributed by atoms with Crippen LogP contribution in [0.3, 0.4) is 0 Å².